The van der Waals surface area contributed by atoms with Crippen molar-refractivity contribution in [1.82, 2.24) is 4.98 Å². The van der Waals surface area contributed by atoms with Crippen LogP contribution in [0.5, 0.6) is 0 Å². The number of hydrogen-bond donors (Lipinski definition) is 1. The lowest BCUT2D eigenvalue weighted by molar-refractivity contribution is -0.142. The number of carbonyl (C=O) groups is 1. The van der Waals surface area contributed by atoms with E-state index in [9.17, 15) is 9.90 Å². The molecule has 0 radical (unpaired) electrons. The molecule has 21 heavy (non-hydrogen) atoms. The topological polar surface area (TPSA) is 53.4 Å². The minimum atomic E-state index is -0.943. The summed E-state index contributed by atoms with van der Waals surface area (Å²) >= 11 is 3.35. The molecule has 112 valence electrons. The van der Waals surface area contributed by atoms with E-state index in [4.69, 9.17) is 0 Å². The Morgan fingerprint density at radius 3 is 2.95 bits per heavy atom. The van der Waals surface area contributed by atoms with Crippen molar-refractivity contribution in [2.75, 3.05) is 11.4 Å². The van der Waals surface area contributed by atoms with E-state index in [1.165, 1.54) is 21.8 Å². The molecule has 2 aromatic rings. The van der Waals surface area contributed by atoms with Crippen LogP contribution < -0.4 is 4.90 Å². The van der Waals surface area contributed by atoms with Gasteiger partial charge < -0.3 is 10.0 Å². The first-order chi connectivity index (χ1) is 9.91. The van der Waals surface area contributed by atoms with Crippen LogP contribution in [0, 0.1) is 0 Å². The number of carboxylic acids is 1. The summed E-state index contributed by atoms with van der Waals surface area (Å²) in [7, 11) is 0. The van der Waals surface area contributed by atoms with Crippen LogP contribution in [0.3, 0.4) is 0 Å². The number of aliphatic carboxylic acids is 1. The standard InChI is InChI=1S/C15H18N2O2S2/c1-9-10-5-7-20-11(10)4-6-17(9)14-16-12(8-21-14)15(2,3)13(18)19/h5,7-9H,4,6H2,1-3H3,(H,18,19). The SMILES string of the molecule is CC1c2ccsc2CCN1c1nc(C(C)(C)C(=O)O)cs1. The number of aromatic nitrogens is 1. The molecule has 0 saturated carbocycles. The number of thiophene rings is 1. The van der Waals surface area contributed by atoms with Crippen molar-refractivity contribution in [3.05, 3.63) is 33.0 Å². The average Bonchev–Trinajstić information content (AvgIpc) is 3.07. The molecule has 2 aromatic heterocycles. The van der Waals surface area contributed by atoms with Gasteiger partial charge in [0, 0.05) is 16.8 Å². The summed E-state index contributed by atoms with van der Waals surface area (Å²) in [6.07, 6.45) is 1.04. The second-order valence-corrected chi connectivity index (χ2v) is 7.70. The van der Waals surface area contributed by atoms with Crippen LogP contribution in [-0.4, -0.2) is 22.6 Å². The van der Waals surface area contributed by atoms with Crippen molar-refractivity contribution in [2.24, 2.45) is 0 Å². The third kappa shape index (κ3) is 2.36. The van der Waals surface area contributed by atoms with Crippen molar-refractivity contribution in [1.29, 1.82) is 0 Å². The highest BCUT2D eigenvalue weighted by Crippen LogP contribution is 2.38. The van der Waals surface area contributed by atoms with Crippen LogP contribution in [-0.2, 0) is 16.6 Å². The maximum absolute atomic E-state index is 11.4. The molecule has 1 N–H and O–H groups in total. The molecular formula is C15H18N2O2S2. The van der Waals surface area contributed by atoms with Crippen LogP contribution in [0.1, 0.15) is 42.9 Å². The monoisotopic (exact) mass is 322 g/mol. The maximum atomic E-state index is 11.4. The molecule has 1 atom stereocenters. The minimum Gasteiger partial charge on any atom is -0.481 e. The highest BCUT2D eigenvalue weighted by molar-refractivity contribution is 7.13. The summed E-state index contributed by atoms with van der Waals surface area (Å²) in [5.41, 5.74) is 1.07. The highest BCUT2D eigenvalue weighted by atomic mass is 32.1. The Bertz CT molecular complexity index is 675. The van der Waals surface area contributed by atoms with Crippen LogP contribution >= 0.6 is 22.7 Å². The van der Waals surface area contributed by atoms with Crippen LogP contribution in [0.4, 0.5) is 5.13 Å². The summed E-state index contributed by atoms with van der Waals surface area (Å²) in [4.78, 5) is 19.7. The van der Waals surface area contributed by atoms with Gasteiger partial charge in [-0.25, -0.2) is 4.98 Å². The Morgan fingerprint density at radius 1 is 1.48 bits per heavy atom. The Morgan fingerprint density at radius 2 is 2.24 bits per heavy atom. The van der Waals surface area contributed by atoms with Crippen molar-refractivity contribution in [3.8, 4) is 0 Å². The molecule has 0 fully saturated rings. The van der Waals surface area contributed by atoms with E-state index < -0.39 is 11.4 Å². The molecule has 6 heteroatoms. The first-order valence-electron chi connectivity index (χ1n) is 6.93. The summed E-state index contributed by atoms with van der Waals surface area (Å²) in [5, 5.41) is 14.3. The zero-order chi connectivity index (χ0) is 15.2. The van der Waals surface area contributed by atoms with Crippen LogP contribution in [0.25, 0.3) is 0 Å². The minimum absolute atomic E-state index is 0.298. The summed E-state index contributed by atoms with van der Waals surface area (Å²) < 4.78 is 0. The van der Waals surface area contributed by atoms with Crippen molar-refractivity contribution < 1.29 is 9.90 Å². The third-order valence-electron chi connectivity index (χ3n) is 4.19. The van der Waals surface area contributed by atoms with Crippen LogP contribution in [0.15, 0.2) is 16.8 Å². The van der Waals surface area contributed by atoms with Gasteiger partial charge in [-0.05, 0) is 44.2 Å². The lowest BCUT2D eigenvalue weighted by Gasteiger charge is -2.33. The molecule has 4 nitrogen and oxygen atoms in total. The zero-order valence-corrected chi connectivity index (χ0v) is 13.9. The average molecular weight is 322 g/mol. The van der Waals surface area contributed by atoms with E-state index >= 15 is 0 Å². The lowest BCUT2D eigenvalue weighted by Crippen LogP contribution is -2.33. The van der Waals surface area contributed by atoms with E-state index in [0.717, 1.165) is 18.1 Å². The molecule has 0 saturated heterocycles. The molecular weight excluding hydrogens is 304 g/mol. The summed E-state index contributed by atoms with van der Waals surface area (Å²) in [6, 6.07) is 2.49. The first-order valence-corrected chi connectivity index (χ1v) is 8.69. The number of thiazole rings is 1. The highest BCUT2D eigenvalue weighted by Gasteiger charge is 2.34. The first kappa shape index (κ1) is 14.5. The third-order valence-corrected chi connectivity index (χ3v) is 6.06. The smallest absolute Gasteiger partial charge is 0.315 e. The van der Waals surface area contributed by atoms with Crippen LogP contribution in [0.2, 0.25) is 0 Å². The van der Waals surface area contributed by atoms with Crippen molar-refractivity contribution >= 4 is 33.8 Å². The molecule has 1 aliphatic rings. The van der Waals surface area contributed by atoms with E-state index in [1.807, 2.05) is 16.7 Å². The molecule has 0 spiro atoms. The molecule has 0 bridgehead atoms. The molecule has 0 amide bonds. The van der Waals surface area contributed by atoms with E-state index in [2.05, 4.69) is 28.3 Å². The fourth-order valence-corrected chi connectivity index (χ4v) is 4.63. The largest absolute Gasteiger partial charge is 0.481 e. The van der Waals surface area contributed by atoms with Gasteiger partial charge in [0.05, 0.1) is 11.7 Å². The van der Waals surface area contributed by atoms with Gasteiger partial charge >= 0.3 is 5.97 Å². The number of carboxylic acid groups (broad SMARTS) is 1. The number of rotatable bonds is 3. The predicted octanol–water partition coefficient (Wildman–Crippen LogP) is 3.69. The number of nitrogens with zero attached hydrogens (tertiary/aromatic N) is 2. The predicted molar refractivity (Wildman–Crippen MR) is 86.6 cm³/mol. The number of anilines is 1. The van der Waals surface area contributed by atoms with E-state index in [1.54, 1.807) is 13.8 Å². The fraction of sp³-hybridized carbons (Fsp3) is 0.467. The second-order valence-electron chi connectivity index (χ2n) is 5.86. The summed E-state index contributed by atoms with van der Waals surface area (Å²) in [5.74, 6) is -0.842. The Labute approximate surface area is 132 Å². The molecule has 3 rings (SSSR count). The quantitative estimate of drug-likeness (QED) is 0.936. The molecule has 0 aliphatic carbocycles. The van der Waals surface area contributed by atoms with Gasteiger partial charge in [-0.1, -0.05) is 0 Å². The summed E-state index contributed by atoms with van der Waals surface area (Å²) in [6.45, 7) is 6.53. The molecule has 3 heterocycles. The zero-order valence-electron chi connectivity index (χ0n) is 12.3. The maximum Gasteiger partial charge on any atom is 0.315 e. The molecule has 1 unspecified atom stereocenters. The Balaban J connectivity index is 1.90. The Hall–Kier alpha value is -1.40. The molecule has 1 aliphatic heterocycles. The lowest BCUT2D eigenvalue weighted by atomic mass is 9.90. The second kappa shape index (κ2) is 5.10. The van der Waals surface area contributed by atoms with Gasteiger partial charge in [0.2, 0.25) is 0 Å². The number of fused-ring (bicyclic) bond motifs is 1. The van der Waals surface area contributed by atoms with Crippen molar-refractivity contribution in [3.63, 3.8) is 0 Å². The van der Waals surface area contributed by atoms with Gasteiger partial charge in [0.15, 0.2) is 5.13 Å². The number of hydrogen-bond acceptors (Lipinski definition) is 5. The normalized spacial score (nSPS) is 18.6. The van der Waals surface area contributed by atoms with E-state index in [-0.39, 0.29) is 0 Å². The fourth-order valence-electron chi connectivity index (χ4n) is 2.56. The van der Waals surface area contributed by atoms with E-state index in [0.29, 0.717) is 11.7 Å². The van der Waals surface area contributed by atoms with Gasteiger partial charge in [-0.15, -0.1) is 22.7 Å². The van der Waals surface area contributed by atoms with Gasteiger partial charge in [0.1, 0.15) is 5.41 Å². The van der Waals surface area contributed by atoms with Gasteiger partial charge in [-0.2, -0.15) is 0 Å². The molecule has 0 aromatic carbocycles. The van der Waals surface area contributed by atoms with Crippen molar-refractivity contribution in [2.45, 2.75) is 38.6 Å². The Kier molecular flexibility index (Phi) is 3.53. The van der Waals surface area contributed by atoms with Gasteiger partial charge in [-0.3, -0.25) is 4.79 Å². The van der Waals surface area contributed by atoms with Gasteiger partial charge in [0.25, 0.3) is 0 Å².